The van der Waals surface area contributed by atoms with Crippen molar-refractivity contribution in [1.82, 2.24) is 5.16 Å². The number of para-hydroxylation sites is 1. The van der Waals surface area contributed by atoms with Crippen LogP contribution in [0, 0.1) is 0 Å². The van der Waals surface area contributed by atoms with Crippen molar-refractivity contribution in [2.45, 2.75) is 25.2 Å². The van der Waals surface area contributed by atoms with Crippen molar-refractivity contribution in [1.29, 1.82) is 0 Å². The third-order valence-corrected chi connectivity index (χ3v) is 4.30. The number of allylic oxidation sites excluding steroid dienone is 2. The lowest BCUT2D eigenvalue weighted by Crippen LogP contribution is -2.03. The van der Waals surface area contributed by atoms with Crippen molar-refractivity contribution in [2.75, 3.05) is 0 Å². The molecule has 0 N–H and O–H groups in total. The highest BCUT2D eigenvalue weighted by molar-refractivity contribution is 5.92. The first-order valence-corrected chi connectivity index (χ1v) is 7.52. The molecule has 21 heavy (non-hydrogen) atoms. The summed E-state index contributed by atoms with van der Waals surface area (Å²) in [5, 5.41) is 5.42. The van der Waals surface area contributed by atoms with E-state index in [0.717, 1.165) is 23.1 Å². The zero-order valence-electron chi connectivity index (χ0n) is 11.8. The zero-order valence-corrected chi connectivity index (χ0v) is 11.8. The van der Waals surface area contributed by atoms with Crippen molar-refractivity contribution < 1.29 is 4.52 Å². The SMILES string of the molecule is C1=CCC(c2ccccc2-c2noc3ccccc23)CC1. The lowest BCUT2D eigenvalue weighted by atomic mass is 9.84. The van der Waals surface area contributed by atoms with Gasteiger partial charge in [-0.3, -0.25) is 0 Å². The van der Waals surface area contributed by atoms with Gasteiger partial charge in [0.2, 0.25) is 0 Å². The predicted octanol–water partition coefficient (Wildman–Crippen LogP) is 5.32. The van der Waals surface area contributed by atoms with E-state index < -0.39 is 0 Å². The molecule has 1 aromatic heterocycles. The normalized spacial score (nSPS) is 18.2. The van der Waals surface area contributed by atoms with Gasteiger partial charge in [0.25, 0.3) is 0 Å². The third kappa shape index (κ3) is 2.17. The summed E-state index contributed by atoms with van der Waals surface area (Å²) in [6, 6.07) is 16.7. The summed E-state index contributed by atoms with van der Waals surface area (Å²) in [5.41, 5.74) is 4.42. The topological polar surface area (TPSA) is 26.0 Å². The minimum absolute atomic E-state index is 0.585. The van der Waals surface area contributed by atoms with Gasteiger partial charge in [0.15, 0.2) is 5.58 Å². The number of hydrogen-bond donors (Lipinski definition) is 0. The standard InChI is InChI=1S/C19H17NO/c1-2-8-14(9-3-1)15-10-4-5-11-16(15)19-17-12-6-7-13-18(17)21-20-19/h1-2,4-7,10-14H,3,8-9H2. The molecule has 2 aromatic carbocycles. The van der Waals surface area contributed by atoms with Crippen LogP contribution in [0.25, 0.3) is 22.2 Å². The fourth-order valence-corrected chi connectivity index (χ4v) is 3.22. The van der Waals surface area contributed by atoms with E-state index in [1.807, 2.05) is 18.2 Å². The van der Waals surface area contributed by atoms with Gasteiger partial charge in [-0.25, -0.2) is 0 Å². The molecule has 0 saturated heterocycles. The van der Waals surface area contributed by atoms with Crippen LogP contribution in [0.15, 0.2) is 65.2 Å². The van der Waals surface area contributed by atoms with Crippen LogP contribution in [0.5, 0.6) is 0 Å². The lowest BCUT2D eigenvalue weighted by Gasteiger charge is -2.20. The second kappa shape index (κ2) is 5.21. The first kappa shape index (κ1) is 12.4. The Morgan fingerprint density at radius 2 is 1.81 bits per heavy atom. The van der Waals surface area contributed by atoms with Gasteiger partial charge in [-0.05, 0) is 42.9 Å². The molecule has 0 amide bonds. The third-order valence-electron chi connectivity index (χ3n) is 4.30. The lowest BCUT2D eigenvalue weighted by molar-refractivity contribution is 0.459. The number of fused-ring (bicyclic) bond motifs is 1. The molecule has 3 aromatic rings. The minimum Gasteiger partial charge on any atom is -0.356 e. The monoisotopic (exact) mass is 275 g/mol. The maximum Gasteiger partial charge on any atom is 0.167 e. The maximum atomic E-state index is 5.48. The number of nitrogens with zero attached hydrogens (tertiary/aromatic N) is 1. The van der Waals surface area contributed by atoms with Gasteiger partial charge in [-0.1, -0.05) is 53.7 Å². The van der Waals surface area contributed by atoms with Crippen molar-refractivity contribution in [3.63, 3.8) is 0 Å². The van der Waals surface area contributed by atoms with Crippen LogP contribution in [0.2, 0.25) is 0 Å². The van der Waals surface area contributed by atoms with Gasteiger partial charge in [0.1, 0.15) is 5.69 Å². The van der Waals surface area contributed by atoms with Crippen LogP contribution in [-0.4, -0.2) is 5.16 Å². The van der Waals surface area contributed by atoms with Crippen LogP contribution in [0.4, 0.5) is 0 Å². The van der Waals surface area contributed by atoms with Crippen molar-refractivity contribution in [3.05, 3.63) is 66.2 Å². The molecule has 1 heterocycles. The van der Waals surface area contributed by atoms with E-state index in [2.05, 4.69) is 47.6 Å². The van der Waals surface area contributed by atoms with Gasteiger partial charge in [0, 0.05) is 10.9 Å². The smallest absolute Gasteiger partial charge is 0.167 e. The zero-order chi connectivity index (χ0) is 14.1. The number of rotatable bonds is 2. The number of benzene rings is 2. The summed E-state index contributed by atoms with van der Waals surface area (Å²) in [7, 11) is 0. The van der Waals surface area contributed by atoms with Crippen LogP contribution in [0.3, 0.4) is 0 Å². The van der Waals surface area contributed by atoms with Gasteiger partial charge >= 0.3 is 0 Å². The van der Waals surface area contributed by atoms with Gasteiger partial charge in [0.05, 0.1) is 0 Å². The molecule has 2 heteroatoms. The Bertz CT molecular complexity index is 800. The molecule has 1 aliphatic rings. The Morgan fingerprint density at radius 1 is 0.952 bits per heavy atom. The molecule has 4 rings (SSSR count). The van der Waals surface area contributed by atoms with E-state index in [9.17, 15) is 0 Å². The molecule has 0 radical (unpaired) electrons. The molecule has 0 aliphatic heterocycles. The van der Waals surface area contributed by atoms with Gasteiger partial charge in [-0.2, -0.15) is 0 Å². The second-order valence-corrected chi connectivity index (χ2v) is 5.60. The molecule has 104 valence electrons. The first-order valence-electron chi connectivity index (χ1n) is 7.52. The van der Waals surface area contributed by atoms with Crippen molar-refractivity contribution in [3.8, 4) is 11.3 Å². The van der Waals surface area contributed by atoms with Gasteiger partial charge in [-0.15, -0.1) is 0 Å². The molecular formula is C19H17NO. The average Bonchev–Trinajstić information content (AvgIpc) is 3.00. The van der Waals surface area contributed by atoms with E-state index in [1.54, 1.807) is 0 Å². The number of aromatic nitrogens is 1. The number of hydrogen-bond acceptors (Lipinski definition) is 2. The van der Waals surface area contributed by atoms with Gasteiger partial charge < -0.3 is 4.52 Å². The van der Waals surface area contributed by atoms with Crippen LogP contribution >= 0.6 is 0 Å². The summed E-state index contributed by atoms with van der Waals surface area (Å²) in [4.78, 5) is 0. The molecule has 0 saturated carbocycles. The Labute approximate surface area is 124 Å². The predicted molar refractivity (Wildman–Crippen MR) is 85.2 cm³/mol. The minimum atomic E-state index is 0.585. The largest absolute Gasteiger partial charge is 0.356 e. The fourth-order valence-electron chi connectivity index (χ4n) is 3.22. The van der Waals surface area contributed by atoms with Crippen LogP contribution in [-0.2, 0) is 0 Å². The Kier molecular flexibility index (Phi) is 3.07. The highest BCUT2D eigenvalue weighted by atomic mass is 16.5. The molecule has 1 unspecified atom stereocenters. The Hall–Kier alpha value is -2.35. The maximum absolute atomic E-state index is 5.48. The summed E-state index contributed by atoms with van der Waals surface area (Å²) in [6.45, 7) is 0. The first-order chi connectivity index (χ1) is 10.4. The average molecular weight is 275 g/mol. The summed E-state index contributed by atoms with van der Waals surface area (Å²) < 4.78 is 5.48. The van der Waals surface area contributed by atoms with Crippen molar-refractivity contribution >= 4 is 11.0 Å². The van der Waals surface area contributed by atoms with Crippen LogP contribution < -0.4 is 0 Å². The molecule has 2 nitrogen and oxygen atoms in total. The highest BCUT2D eigenvalue weighted by Gasteiger charge is 2.19. The Balaban J connectivity index is 1.87. The van der Waals surface area contributed by atoms with E-state index >= 15 is 0 Å². The van der Waals surface area contributed by atoms with E-state index in [-0.39, 0.29) is 0 Å². The molecule has 0 fully saturated rings. The molecule has 0 bridgehead atoms. The summed E-state index contributed by atoms with van der Waals surface area (Å²) in [6.07, 6.45) is 8.07. The quantitative estimate of drug-likeness (QED) is 0.592. The van der Waals surface area contributed by atoms with Crippen LogP contribution in [0.1, 0.15) is 30.7 Å². The summed E-state index contributed by atoms with van der Waals surface area (Å²) in [5.74, 6) is 0.585. The fraction of sp³-hybridized carbons (Fsp3) is 0.211. The highest BCUT2D eigenvalue weighted by Crippen LogP contribution is 2.37. The second-order valence-electron chi connectivity index (χ2n) is 5.60. The summed E-state index contributed by atoms with van der Waals surface area (Å²) >= 11 is 0. The van der Waals surface area contributed by atoms with E-state index in [4.69, 9.17) is 4.52 Å². The molecule has 1 atom stereocenters. The van der Waals surface area contributed by atoms with E-state index in [1.165, 1.54) is 24.0 Å². The van der Waals surface area contributed by atoms with Crippen molar-refractivity contribution in [2.24, 2.45) is 0 Å². The molecular weight excluding hydrogens is 258 g/mol. The molecule has 1 aliphatic carbocycles. The van der Waals surface area contributed by atoms with E-state index in [0.29, 0.717) is 5.92 Å². The molecule has 0 spiro atoms. The Morgan fingerprint density at radius 3 is 2.71 bits per heavy atom.